The molecule has 1 atom stereocenters. The fraction of sp³-hybridized carbons (Fsp3) is 0.700. The van der Waals surface area contributed by atoms with Crippen LogP contribution in [0.4, 0.5) is 0 Å². The van der Waals surface area contributed by atoms with Gasteiger partial charge in [-0.05, 0) is 19.1 Å². The SMILES string of the molecule is [2H]C1=NN=C(OC(=O)C2CCCCC2)[SH]1C. The first-order chi connectivity index (χ1) is 7.68. The number of rotatable bonds is 1. The molecule has 1 unspecified atom stereocenters. The van der Waals surface area contributed by atoms with Gasteiger partial charge in [0, 0.05) is 0 Å². The van der Waals surface area contributed by atoms with Gasteiger partial charge in [0.2, 0.25) is 0 Å². The van der Waals surface area contributed by atoms with Crippen molar-refractivity contribution in [3.05, 3.63) is 0 Å². The van der Waals surface area contributed by atoms with Gasteiger partial charge in [0.05, 0.1) is 12.8 Å². The van der Waals surface area contributed by atoms with E-state index in [1.807, 2.05) is 6.26 Å². The molecular weight excluding hydrogens is 212 g/mol. The standard InChI is InChI=1S/C10H16N2O2S/c1-15-7-11-12-10(15)14-9(13)8-5-3-2-4-6-8/h7-8,15H,2-6H2,1H3/i7D. The summed E-state index contributed by atoms with van der Waals surface area (Å²) in [4.78, 5) is 11.8. The van der Waals surface area contributed by atoms with E-state index in [0.29, 0.717) is 5.23 Å². The second-order valence-electron chi connectivity index (χ2n) is 3.90. The van der Waals surface area contributed by atoms with Crippen molar-refractivity contribution >= 4 is 27.6 Å². The molecule has 84 valence electrons. The van der Waals surface area contributed by atoms with Crippen LogP contribution < -0.4 is 0 Å². The molecule has 1 aliphatic heterocycles. The fourth-order valence-electron chi connectivity index (χ4n) is 1.84. The minimum absolute atomic E-state index is 0.0228. The first-order valence-electron chi connectivity index (χ1n) is 5.76. The summed E-state index contributed by atoms with van der Waals surface area (Å²) in [5.41, 5.74) is 0.224. The van der Waals surface area contributed by atoms with Crippen LogP contribution in [0.15, 0.2) is 10.2 Å². The van der Waals surface area contributed by atoms with Crippen LogP contribution in [0.1, 0.15) is 33.5 Å². The molecule has 15 heavy (non-hydrogen) atoms. The van der Waals surface area contributed by atoms with Gasteiger partial charge in [0.25, 0.3) is 5.23 Å². The van der Waals surface area contributed by atoms with Gasteiger partial charge in [0.1, 0.15) is 0 Å². The molecule has 0 aromatic rings. The van der Waals surface area contributed by atoms with E-state index in [1.165, 1.54) is 6.42 Å². The predicted molar refractivity (Wildman–Crippen MR) is 63.5 cm³/mol. The maximum absolute atomic E-state index is 11.8. The van der Waals surface area contributed by atoms with Crippen molar-refractivity contribution in [1.82, 2.24) is 0 Å². The highest BCUT2D eigenvalue weighted by Gasteiger charge is 2.25. The summed E-state index contributed by atoms with van der Waals surface area (Å²) in [7, 11) is -0.920. The summed E-state index contributed by atoms with van der Waals surface area (Å²) in [6.07, 6.45) is 7.09. The maximum Gasteiger partial charge on any atom is 0.316 e. The molecule has 4 nitrogen and oxygen atoms in total. The molecule has 0 spiro atoms. The first kappa shape index (κ1) is 9.39. The largest absolute Gasteiger partial charge is 0.401 e. The molecule has 2 rings (SSSR count). The summed E-state index contributed by atoms with van der Waals surface area (Å²) in [5, 5.41) is 7.70. The quantitative estimate of drug-likeness (QED) is 0.552. The van der Waals surface area contributed by atoms with E-state index < -0.39 is 10.9 Å². The van der Waals surface area contributed by atoms with Crippen LogP contribution in [-0.2, 0) is 9.53 Å². The van der Waals surface area contributed by atoms with E-state index in [4.69, 9.17) is 6.11 Å². The van der Waals surface area contributed by atoms with E-state index in [1.54, 1.807) is 0 Å². The van der Waals surface area contributed by atoms with Crippen LogP contribution in [0.25, 0.3) is 0 Å². The summed E-state index contributed by atoms with van der Waals surface area (Å²) in [5.74, 6) is -0.160. The Hall–Kier alpha value is -0.840. The third-order valence-corrected chi connectivity index (χ3v) is 3.89. The smallest absolute Gasteiger partial charge is 0.316 e. The van der Waals surface area contributed by atoms with Crippen LogP contribution in [0.3, 0.4) is 0 Å². The van der Waals surface area contributed by atoms with Crippen molar-refractivity contribution in [2.24, 2.45) is 16.1 Å². The first-order valence-corrected chi connectivity index (χ1v) is 7.05. The number of esters is 1. The number of nitrogens with zero attached hydrogens (tertiary/aromatic N) is 2. The molecule has 1 heterocycles. The van der Waals surface area contributed by atoms with Crippen molar-refractivity contribution in [3.63, 3.8) is 0 Å². The summed E-state index contributed by atoms with van der Waals surface area (Å²) in [6, 6.07) is 0. The number of hydrogen-bond acceptors (Lipinski definition) is 4. The summed E-state index contributed by atoms with van der Waals surface area (Å²) >= 11 is 0. The van der Waals surface area contributed by atoms with Crippen LogP contribution in [0.5, 0.6) is 0 Å². The number of hydrogen-bond donors (Lipinski definition) is 1. The van der Waals surface area contributed by atoms with Gasteiger partial charge >= 0.3 is 5.97 Å². The fourth-order valence-corrected chi connectivity index (χ4v) is 2.51. The second-order valence-corrected chi connectivity index (χ2v) is 5.60. The monoisotopic (exact) mass is 229 g/mol. The molecule has 1 aliphatic carbocycles. The number of carbonyl (C=O) groups excluding carboxylic acids is 1. The van der Waals surface area contributed by atoms with Crippen LogP contribution in [0, 0.1) is 5.92 Å². The third kappa shape index (κ3) is 2.59. The van der Waals surface area contributed by atoms with E-state index in [0.717, 1.165) is 25.7 Å². The minimum atomic E-state index is -0.920. The van der Waals surface area contributed by atoms with Gasteiger partial charge < -0.3 is 4.74 Å². The Morgan fingerprint density at radius 2 is 2.33 bits per heavy atom. The Morgan fingerprint density at radius 1 is 1.60 bits per heavy atom. The second kappa shape index (κ2) is 4.79. The Kier molecular flexibility index (Phi) is 3.00. The van der Waals surface area contributed by atoms with Crippen molar-refractivity contribution in [2.75, 3.05) is 6.26 Å². The zero-order chi connectivity index (χ0) is 11.5. The zero-order valence-electron chi connectivity index (χ0n) is 9.77. The van der Waals surface area contributed by atoms with Crippen molar-refractivity contribution < 1.29 is 10.9 Å². The van der Waals surface area contributed by atoms with Gasteiger partial charge in [-0.2, -0.15) is 0 Å². The molecule has 0 amide bonds. The van der Waals surface area contributed by atoms with Gasteiger partial charge in [-0.1, -0.05) is 19.3 Å². The molecule has 0 saturated heterocycles. The average Bonchev–Trinajstić information content (AvgIpc) is 2.62. The lowest BCUT2D eigenvalue weighted by Gasteiger charge is -2.20. The maximum atomic E-state index is 11.8. The highest BCUT2D eigenvalue weighted by Crippen LogP contribution is 2.28. The zero-order valence-corrected chi connectivity index (χ0v) is 9.67. The molecule has 1 fully saturated rings. The lowest BCUT2D eigenvalue weighted by molar-refractivity contribution is -0.140. The summed E-state index contributed by atoms with van der Waals surface area (Å²) in [6.45, 7) is 0. The molecule has 0 N–H and O–H groups in total. The summed E-state index contributed by atoms with van der Waals surface area (Å²) < 4.78 is 12.7. The average molecular weight is 229 g/mol. The Morgan fingerprint density at radius 3 is 2.93 bits per heavy atom. The number of ether oxygens (including phenoxy) is 1. The minimum Gasteiger partial charge on any atom is -0.401 e. The van der Waals surface area contributed by atoms with Crippen molar-refractivity contribution in [1.29, 1.82) is 0 Å². The molecule has 0 radical (unpaired) electrons. The van der Waals surface area contributed by atoms with E-state index in [2.05, 4.69) is 10.2 Å². The Bertz CT molecular complexity index is 351. The lowest BCUT2D eigenvalue weighted by atomic mass is 9.89. The molecule has 1 saturated carbocycles. The number of carbonyl (C=O) groups is 1. The van der Waals surface area contributed by atoms with Gasteiger partial charge in [-0.3, -0.25) is 4.79 Å². The highest BCUT2D eigenvalue weighted by molar-refractivity contribution is 8.39. The van der Waals surface area contributed by atoms with E-state index in [9.17, 15) is 4.79 Å². The molecule has 0 aromatic heterocycles. The molecular formula is C10H16N2O2S. The van der Waals surface area contributed by atoms with Crippen molar-refractivity contribution in [2.45, 2.75) is 32.1 Å². The lowest BCUT2D eigenvalue weighted by Crippen LogP contribution is -2.22. The van der Waals surface area contributed by atoms with Crippen LogP contribution >= 0.6 is 10.9 Å². The molecule has 2 aliphatic rings. The molecule has 0 aromatic carbocycles. The van der Waals surface area contributed by atoms with Gasteiger partial charge in [-0.25, -0.2) is 0 Å². The number of thiol groups is 1. The highest BCUT2D eigenvalue weighted by atomic mass is 32.2. The normalized spacial score (nSPS) is 30.5. The van der Waals surface area contributed by atoms with Crippen molar-refractivity contribution in [3.8, 4) is 0 Å². The topological polar surface area (TPSA) is 51.0 Å². The van der Waals surface area contributed by atoms with Crippen LogP contribution in [-0.4, -0.2) is 23.0 Å². The van der Waals surface area contributed by atoms with Gasteiger partial charge in [0.15, 0.2) is 0 Å². The molecule has 0 bridgehead atoms. The Labute approximate surface area is 93.5 Å². The molecule has 5 heteroatoms. The third-order valence-electron chi connectivity index (χ3n) is 2.75. The van der Waals surface area contributed by atoms with E-state index >= 15 is 0 Å². The Balaban J connectivity index is 1.88. The van der Waals surface area contributed by atoms with Gasteiger partial charge in [-0.15, -0.1) is 21.1 Å². The van der Waals surface area contributed by atoms with E-state index in [-0.39, 0.29) is 17.4 Å². The van der Waals surface area contributed by atoms with Crippen LogP contribution in [0.2, 0.25) is 0 Å². The predicted octanol–water partition coefficient (Wildman–Crippen LogP) is 2.05.